The van der Waals surface area contributed by atoms with Crippen LogP contribution in [0.4, 0.5) is 0 Å². The van der Waals surface area contributed by atoms with Crippen molar-refractivity contribution in [2.45, 2.75) is 26.2 Å². The zero-order valence-electron chi connectivity index (χ0n) is 8.10. The van der Waals surface area contributed by atoms with Crippen molar-refractivity contribution < 1.29 is 0 Å². The Morgan fingerprint density at radius 3 is 2.17 bits per heavy atom. The summed E-state index contributed by atoms with van der Waals surface area (Å²) in [4.78, 5) is 0. The first-order valence-corrected chi connectivity index (χ1v) is 12.2. The van der Waals surface area contributed by atoms with Crippen LogP contribution in [0.5, 0.6) is 0 Å². The van der Waals surface area contributed by atoms with Gasteiger partial charge in [-0.1, -0.05) is 38.5 Å². The van der Waals surface area contributed by atoms with Crippen LogP contribution in [-0.2, 0) is 0 Å². The number of hydrogen-bond donors (Lipinski definition) is 0. The highest BCUT2D eigenvalue weighted by Crippen LogP contribution is 2.09. The molecular formula is C8H15S2Si2. The topological polar surface area (TPSA) is 0 Å². The Bertz CT molecular complexity index is 327. The Labute approximate surface area is 84.7 Å². The van der Waals surface area contributed by atoms with Gasteiger partial charge in [-0.15, -0.1) is 22.7 Å². The van der Waals surface area contributed by atoms with E-state index in [0.29, 0.717) is 0 Å². The van der Waals surface area contributed by atoms with Crippen LogP contribution in [0.1, 0.15) is 0 Å². The Hall–Kier alpha value is 0.354. The fourth-order valence-electron chi connectivity index (χ4n) is 0.730. The highest BCUT2D eigenvalue weighted by Gasteiger charge is 2.23. The van der Waals surface area contributed by atoms with E-state index in [1.165, 1.54) is 7.69 Å². The third-order valence-electron chi connectivity index (χ3n) is 2.20. The van der Waals surface area contributed by atoms with E-state index in [2.05, 4.69) is 38.5 Å². The number of rotatable bonds is 2. The summed E-state index contributed by atoms with van der Waals surface area (Å²) >= 11 is 3.71. The molecule has 1 rings (SSSR count). The van der Waals surface area contributed by atoms with E-state index >= 15 is 0 Å². The molecule has 12 heavy (non-hydrogen) atoms. The monoisotopic (exact) mass is 231 g/mol. The molecule has 1 radical (unpaired) electrons. The Balaban J connectivity index is 2.90. The molecule has 4 heteroatoms. The summed E-state index contributed by atoms with van der Waals surface area (Å²) in [6.45, 7) is 13.7. The van der Waals surface area contributed by atoms with Gasteiger partial charge in [-0.25, -0.2) is 0 Å². The van der Waals surface area contributed by atoms with Crippen LogP contribution in [0, 0.1) is 0 Å². The van der Waals surface area contributed by atoms with Crippen LogP contribution in [0.2, 0.25) is 26.2 Å². The van der Waals surface area contributed by atoms with Crippen LogP contribution < -0.4 is 7.69 Å². The lowest BCUT2D eigenvalue weighted by molar-refractivity contribution is 1.91. The molecule has 0 saturated heterocycles. The van der Waals surface area contributed by atoms with E-state index in [0.717, 1.165) is 0 Å². The van der Waals surface area contributed by atoms with Crippen molar-refractivity contribution in [3.8, 4) is 0 Å². The maximum Gasteiger partial charge on any atom is 0.0749 e. The van der Waals surface area contributed by atoms with Crippen molar-refractivity contribution in [1.82, 2.24) is 0 Å². The van der Waals surface area contributed by atoms with Crippen LogP contribution in [0.15, 0.2) is 0 Å². The molecule has 0 aliphatic heterocycles. The summed E-state index contributed by atoms with van der Waals surface area (Å²) in [5.41, 5.74) is 2.55. The van der Waals surface area contributed by atoms with E-state index in [-0.39, 0.29) is 8.31 Å². The average molecular weight is 232 g/mol. The van der Waals surface area contributed by atoms with Gasteiger partial charge in [0, 0.05) is 8.31 Å². The molecule has 0 aliphatic rings. The molecule has 0 spiro atoms. The van der Waals surface area contributed by atoms with Gasteiger partial charge in [0.15, 0.2) is 0 Å². The summed E-state index contributed by atoms with van der Waals surface area (Å²) in [5, 5.41) is 0. The van der Waals surface area contributed by atoms with Crippen molar-refractivity contribution >= 4 is 50.9 Å². The van der Waals surface area contributed by atoms with Crippen LogP contribution in [0.3, 0.4) is 0 Å². The molecule has 0 nitrogen and oxygen atoms in total. The van der Waals surface area contributed by atoms with Crippen LogP contribution >= 0.6 is 22.7 Å². The lowest BCUT2D eigenvalue weighted by atomic mass is 11.2. The maximum absolute atomic E-state index is 3.89. The van der Waals surface area contributed by atoms with Crippen molar-refractivity contribution in [3.63, 3.8) is 0 Å². The standard InChI is InChI=1S/C8H15S2Si2/c1-7-9-8(10-7)6-12(4,5)11(2)3/h6H,1H2,2-5H3. The smallest absolute Gasteiger partial charge is 0.0749 e. The molecule has 1 aromatic rings. The molecule has 0 unspecified atom stereocenters. The lowest BCUT2D eigenvalue weighted by Gasteiger charge is -2.20. The normalized spacial score (nSPS) is 12.4. The molecule has 0 atom stereocenters. The second kappa shape index (κ2) is 3.61. The van der Waals surface area contributed by atoms with Crippen molar-refractivity contribution in [1.29, 1.82) is 0 Å². The SMILES string of the molecule is C=c1sc(=C[Si](C)(C)[Si](C)C)s1. The van der Waals surface area contributed by atoms with Gasteiger partial charge in [0.1, 0.15) is 0 Å². The van der Waals surface area contributed by atoms with E-state index in [1.807, 2.05) is 22.7 Å². The van der Waals surface area contributed by atoms with Crippen LogP contribution in [0.25, 0.3) is 12.3 Å². The predicted molar refractivity (Wildman–Crippen MR) is 66.4 cm³/mol. The average Bonchev–Trinajstić information content (AvgIpc) is 1.83. The molecule has 67 valence electrons. The Morgan fingerprint density at radius 1 is 1.33 bits per heavy atom. The summed E-state index contributed by atoms with van der Waals surface area (Å²) in [5.74, 6) is 0. The predicted octanol–water partition coefficient (Wildman–Crippen LogP) is 2.08. The zero-order valence-corrected chi connectivity index (χ0v) is 11.7. The molecule has 0 saturated carbocycles. The Morgan fingerprint density at radius 2 is 1.83 bits per heavy atom. The van der Waals surface area contributed by atoms with E-state index < -0.39 is 7.59 Å². The highest BCUT2D eigenvalue weighted by atomic mass is 32.2. The zero-order chi connectivity index (χ0) is 9.35. The maximum atomic E-state index is 3.89. The van der Waals surface area contributed by atoms with Gasteiger partial charge in [0.05, 0.1) is 15.3 Å². The molecule has 0 amide bonds. The number of hydrogen-bond acceptors (Lipinski definition) is 2. The molecule has 0 aromatic carbocycles. The second-order valence-corrected chi connectivity index (χ2v) is 19.1. The first-order chi connectivity index (χ1) is 5.42. The third kappa shape index (κ3) is 2.42. The summed E-state index contributed by atoms with van der Waals surface area (Å²) in [7, 11) is -1.08. The molecule has 0 bridgehead atoms. The van der Waals surface area contributed by atoms with Gasteiger partial charge in [-0.2, -0.15) is 0 Å². The van der Waals surface area contributed by atoms with Gasteiger partial charge in [0.2, 0.25) is 0 Å². The summed E-state index contributed by atoms with van der Waals surface area (Å²) < 4.78 is 2.76. The minimum atomic E-state index is -0.986. The summed E-state index contributed by atoms with van der Waals surface area (Å²) in [6, 6.07) is 0. The second-order valence-electron chi connectivity index (χ2n) is 3.76. The van der Waals surface area contributed by atoms with Gasteiger partial charge in [0.25, 0.3) is 0 Å². The molecule has 0 aliphatic carbocycles. The molecule has 1 heterocycles. The minimum absolute atomic E-state index is 0.0931. The van der Waals surface area contributed by atoms with Crippen molar-refractivity contribution in [2.75, 3.05) is 0 Å². The first-order valence-electron chi connectivity index (χ1n) is 4.00. The van der Waals surface area contributed by atoms with E-state index in [1.54, 1.807) is 0 Å². The van der Waals surface area contributed by atoms with Gasteiger partial charge >= 0.3 is 0 Å². The van der Waals surface area contributed by atoms with Gasteiger partial charge < -0.3 is 0 Å². The molecular weight excluding hydrogens is 216 g/mol. The fraction of sp³-hybridized carbons (Fsp3) is 0.500. The largest absolute Gasteiger partial charge is 0.116 e. The molecule has 1 aromatic heterocycles. The molecule has 0 fully saturated rings. The molecule has 0 N–H and O–H groups in total. The Kier molecular flexibility index (Phi) is 3.14. The van der Waals surface area contributed by atoms with E-state index in [9.17, 15) is 0 Å². The highest BCUT2D eigenvalue weighted by molar-refractivity contribution is 7.41. The quantitative estimate of drug-likeness (QED) is 0.684. The van der Waals surface area contributed by atoms with Gasteiger partial charge in [-0.05, 0) is 0 Å². The van der Waals surface area contributed by atoms with Gasteiger partial charge in [-0.3, -0.25) is 0 Å². The van der Waals surface area contributed by atoms with Crippen molar-refractivity contribution in [2.24, 2.45) is 0 Å². The van der Waals surface area contributed by atoms with E-state index in [4.69, 9.17) is 0 Å². The summed E-state index contributed by atoms with van der Waals surface area (Å²) in [6.07, 6.45) is 0. The van der Waals surface area contributed by atoms with Crippen LogP contribution in [-0.4, -0.2) is 15.9 Å². The third-order valence-corrected chi connectivity index (χ3v) is 16.5. The fourth-order valence-corrected chi connectivity index (χ4v) is 7.13. The minimum Gasteiger partial charge on any atom is -0.116 e. The van der Waals surface area contributed by atoms with Crippen molar-refractivity contribution in [3.05, 3.63) is 7.69 Å². The lowest BCUT2D eigenvalue weighted by Crippen LogP contribution is -2.40. The first kappa shape index (κ1) is 10.4.